The minimum atomic E-state index is -0.430. The number of thiazole rings is 1. The largest absolute Gasteiger partial charge is 0.383 e. The molecule has 3 amide bonds. The first-order valence-corrected chi connectivity index (χ1v) is 13.0. The maximum atomic E-state index is 13.0. The number of carbonyl (C=O) groups excluding carboxylic acids is 3. The van der Waals surface area contributed by atoms with Crippen LogP contribution in [0.15, 0.2) is 23.6 Å². The monoisotopic (exact) mass is 557 g/mol. The zero-order chi connectivity index (χ0) is 25.9. The Bertz CT molecular complexity index is 1050. The fourth-order valence-corrected chi connectivity index (χ4v) is 4.69. The lowest BCUT2D eigenvalue weighted by atomic mass is 10.2. The van der Waals surface area contributed by atoms with Gasteiger partial charge in [0.25, 0.3) is 5.91 Å². The number of rotatable bonds is 12. The number of aromatic nitrogens is 1. The molecule has 13 heteroatoms. The summed E-state index contributed by atoms with van der Waals surface area (Å²) in [5.74, 6) is -0.986. The molecule has 0 spiro atoms. The van der Waals surface area contributed by atoms with E-state index >= 15 is 0 Å². The third-order valence-corrected chi connectivity index (χ3v) is 6.70. The number of morpholine rings is 1. The van der Waals surface area contributed by atoms with Crippen molar-refractivity contribution in [3.05, 3.63) is 44.9 Å². The number of hydrogen-bond donors (Lipinski definition) is 2. The first-order valence-electron chi connectivity index (χ1n) is 11.4. The molecule has 0 radical (unpaired) electrons. The van der Waals surface area contributed by atoms with Gasteiger partial charge in [0.05, 0.1) is 42.5 Å². The molecule has 2 N–H and O–H groups in total. The van der Waals surface area contributed by atoms with Crippen molar-refractivity contribution in [1.29, 1.82) is 0 Å². The number of halogens is 2. The summed E-state index contributed by atoms with van der Waals surface area (Å²) in [5.41, 5.74) is 0.792. The van der Waals surface area contributed by atoms with Gasteiger partial charge in [0, 0.05) is 50.2 Å². The van der Waals surface area contributed by atoms with E-state index in [4.69, 9.17) is 32.7 Å². The molecule has 1 aromatic heterocycles. The Labute approximate surface area is 223 Å². The number of nitrogens with zero attached hydrogens (tertiary/aromatic N) is 3. The highest BCUT2D eigenvalue weighted by atomic mass is 35.5. The fourth-order valence-electron chi connectivity index (χ4n) is 3.47. The van der Waals surface area contributed by atoms with Crippen LogP contribution >= 0.6 is 34.5 Å². The average Bonchev–Trinajstić information content (AvgIpc) is 3.28. The normalized spacial score (nSPS) is 13.9. The van der Waals surface area contributed by atoms with Crippen molar-refractivity contribution in [3.63, 3.8) is 0 Å². The van der Waals surface area contributed by atoms with Gasteiger partial charge in [-0.15, -0.1) is 11.3 Å². The van der Waals surface area contributed by atoms with Crippen LogP contribution in [0.25, 0.3) is 0 Å². The molecule has 0 saturated carbocycles. The first kappa shape index (κ1) is 28.3. The van der Waals surface area contributed by atoms with Crippen molar-refractivity contribution in [2.75, 3.05) is 71.5 Å². The van der Waals surface area contributed by atoms with E-state index in [2.05, 4.69) is 20.5 Å². The zero-order valence-corrected chi connectivity index (χ0v) is 22.3. The zero-order valence-electron chi connectivity index (χ0n) is 19.9. The van der Waals surface area contributed by atoms with E-state index < -0.39 is 11.8 Å². The summed E-state index contributed by atoms with van der Waals surface area (Å²) in [4.78, 5) is 45.8. The number of ether oxygens (including phenoxy) is 2. The number of anilines is 1. The van der Waals surface area contributed by atoms with Crippen molar-refractivity contribution in [1.82, 2.24) is 20.1 Å². The molecule has 1 aliphatic heterocycles. The van der Waals surface area contributed by atoms with E-state index in [0.29, 0.717) is 35.6 Å². The van der Waals surface area contributed by atoms with Gasteiger partial charge in [-0.05, 0) is 18.2 Å². The molecule has 3 rings (SSSR count). The van der Waals surface area contributed by atoms with Gasteiger partial charge in [0.2, 0.25) is 11.8 Å². The Kier molecular flexibility index (Phi) is 11.4. The van der Waals surface area contributed by atoms with Crippen LogP contribution in [0.5, 0.6) is 0 Å². The Morgan fingerprint density at radius 3 is 2.72 bits per heavy atom. The van der Waals surface area contributed by atoms with Crippen LogP contribution < -0.4 is 10.6 Å². The van der Waals surface area contributed by atoms with Gasteiger partial charge in [0.1, 0.15) is 6.54 Å². The number of benzene rings is 1. The van der Waals surface area contributed by atoms with Crippen LogP contribution in [-0.2, 0) is 25.5 Å². The lowest BCUT2D eigenvalue weighted by molar-refractivity contribution is -0.120. The van der Waals surface area contributed by atoms with Crippen LogP contribution in [0.1, 0.15) is 16.1 Å². The van der Waals surface area contributed by atoms with E-state index in [1.807, 2.05) is 0 Å². The Morgan fingerprint density at radius 2 is 2.00 bits per heavy atom. The van der Waals surface area contributed by atoms with E-state index in [1.165, 1.54) is 35.5 Å². The summed E-state index contributed by atoms with van der Waals surface area (Å²) in [5, 5.41) is 8.25. The standard InChI is InChI=1S/C23H29Cl2N5O5S/c1-34-9-8-30(22(33)18-3-2-16(24)12-19(18)25)14-21(32)28-23-27-17(15-36-23)13-20(31)26-4-5-29-6-10-35-11-7-29/h2-3,12,15H,4-11,13-14H2,1H3,(H,26,31)(H,27,28,32). The SMILES string of the molecule is COCCN(CC(=O)Nc1nc(CC(=O)NCCN2CCOCC2)cs1)C(=O)c1ccc(Cl)cc1Cl. The summed E-state index contributed by atoms with van der Waals surface area (Å²) < 4.78 is 10.4. The van der Waals surface area contributed by atoms with Gasteiger partial charge in [0.15, 0.2) is 5.13 Å². The first-order chi connectivity index (χ1) is 17.4. The molecule has 2 heterocycles. The maximum Gasteiger partial charge on any atom is 0.255 e. The fraction of sp³-hybridized carbons (Fsp3) is 0.478. The molecule has 1 saturated heterocycles. The Hall–Kier alpha value is -2.28. The van der Waals surface area contributed by atoms with Crippen molar-refractivity contribution >= 4 is 57.4 Å². The lowest BCUT2D eigenvalue weighted by Gasteiger charge is -2.26. The van der Waals surface area contributed by atoms with Gasteiger partial charge >= 0.3 is 0 Å². The minimum absolute atomic E-state index is 0.114. The quantitative estimate of drug-likeness (QED) is 0.411. The molecule has 1 aliphatic rings. The number of hydrogen-bond acceptors (Lipinski definition) is 8. The Morgan fingerprint density at radius 1 is 1.22 bits per heavy atom. The third kappa shape index (κ3) is 8.99. The third-order valence-electron chi connectivity index (χ3n) is 5.34. The number of nitrogens with one attached hydrogen (secondary N) is 2. The van der Waals surface area contributed by atoms with Gasteiger partial charge in [-0.1, -0.05) is 23.2 Å². The van der Waals surface area contributed by atoms with Crippen LogP contribution in [0.2, 0.25) is 10.0 Å². The smallest absolute Gasteiger partial charge is 0.255 e. The molecule has 0 unspecified atom stereocenters. The number of carbonyl (C=O) groups is 3. The minimum Gasteiger partial charge on any atom is -0.383 e. The molecule has 1 fully saturated rings. The Balaban J connectivity index is 1.49. The number of methoxy groups -OCH3 is 1. The predicted molar refractivity (Wildman–Crippen MR) is 139 cm³/mol. The molecule has 2 aromatic rings. The van der Waals surface area contributed by atoms with Crippen LogP contribution in [-0.4, -0.2) is 98.7 Å². The highest BCUT2D eigenvalue weighted by Gasteiger charge is 2.22. The molecular formula is C23H29Cl2N5O5S. The van der Waals surface area contributed by atoms with Crippen LogP contribution in [0, 0.1) is 0 Å². The second-order valence-electron chi connectivity index (χ2n) is 8.02. The van der Waals surface area contributed by atoms with Crippen molar-refractivity contribution in [3.8, 4) is 0 Å². The summed E-state index contributed by atoms with van der Waals surface area (Å²) in [6.07, 6.45) is 0.114. The van der Waals surface area contributed by atoms with Crippen LogP contribution in [0.3, 0.4) is 0 Å². The summed E-state index contributed by atoms with van der Waals surface area (Å²) in [7, 11) is 1.51. The molecule has 0 aliphatic carbocycles. The van der Waals surface area contributed by atoms with Gasteiger partial charge in [-0.2, -0.15) is 0 Å². The molecular weight excluding hydrogens is 529 g/mol. The highest BCUT2D eigenvalue weighted by Crippen LogP contribution is 2.22. The molecule has 196 valence electrons. The van der Waals surface area contributed by atoms with E-state index in [0.717, 1.165) is 19.6 Å². The van der Waals surface area contributed by atoms with E-state index in [9.17, 15) is 14.4 Å². The molecule has 1 aromatic carbocycles. The molecule has 10 nitrogen and oxygen atoms in total. The van der Waals surface area contributed by atoms with Gasteiger partial charge in [-0.3, -0.25) is 19.3 Å². The lowest BCUT2D eigenvalue weighted by Crippen LogP contribution is -2.41. The molecule has 0 bridgehead atoms. The topological polar surface area (TPSA) is 113 Å². The second kappa shape index (κ2) is 14.5. The highest BCUT2D eigenvalue weighted by molar-refractivity contribution is 7.13. The number of amides is 3. The summed E-state index contributed by atoms with van der Waals surface area (Å²) >= 11 is 13.3. The molecule has 36 heavy (non-hydrogen) atoms. The van der Waals surface area contributed by atoms with Crippen molar-refractivity contribution in [2.45, 2.75) is 6.42 Å². The van der Waals surface area contributed by atoms with Crippen molar-refractivity contribution < 1.29 is 23.9 Å². The molecule has 0 atom stereocenters. The van der Waals surface area contributed by atoms with Gasteiger partial charge < -0.3 is 25.0 Å². The summed E-state index contributed by atoms with van der Waals surface area (Å²) in [6, 6.07) is 4.55. The second-order valence-corrected chi connectivity index (χ2v) is 9.72. The van der Waals surface area contributed by atoms with Gasteiger partial charge in [-0.25, -0.2) is 4.98 Å². The average molecular weight is 558 g/mol. The predicted octanol–water partition coefficient (Wildman–Crippen LogP) is 2.17. The van der Waals surface area contributed by atoms with E-state index in [1.54, 1.807) is 11.4 Å². The maximum absolute atomic E-state index is 13.0. The summed E-state index contributed by atoms with van der Waals surface area (Å²) in [6.45, 7) is 4.70. The van der Waals surface area contributed by atoms with Crippen molar-refractivity contribution in [2.24, 2.45) is 0 Å². The van der Waals surface area contributed by atoms with Crippen LogP contribution in [0.4, 0.5) is 5.13 Å². The van der Waals surface area contributed by atoms with E-state index in [-0.39, 0.29) is 42.6 Å².